The van der Waals surface area contributed by atoms with Crippen LogP contribution in [0.4, 0.5) is 4.79 Å². The summed E-state index contributed by atoms with van der Waals surface area (Å²) in [4.78, 5) is 26.4. The molecule has 21 heavy (non-hydrogen) atoms. The molecule has 0 saturated carbocycles. The summed E-state index contributed by atoms with van der Waals surface area (Å²) >= 11 is 0. The summed E-state index contributed by atoms with van der Waals surface area (Å²) in [6.07, 6.45) is 5.21. The summed E-state index contributed by atoms with van der Waals surface area (Å²) in [5.74, 6) is 0.0375. The monoisotopic (exact) mass is 296 g/mol. The molecule has 0 aromatic heterocycles. The van der Waals surface area contributed by atoms with Gasteiger partial charge in [-0.25, -0.2) is 4.79 Å². The van der Waals surface area contributed by atoms with Gasteiger partial charge in [0.25, 0.3) is 0 Å². The summed E-state index contributed by atoms with van der Waals surface area (Å²) in [7, 11) is 0. The highest BCUT2D eigenvalue weighted by molar-refractivity contribution is 5.86. The number of carbonyl (C=O) groups is 2. The molecule has 5 heteroatoms. The highest BCUT2D eigenvalue weighted by atomic mass is 16.6. The maximum atomic E-state index is 12.6. The predicted molar refractivity (Wildman–Crippen MR) is 82.9 cm³/mol. The van der Waals surface area contributed by atoms with E-state index in [0.29, 0.717) is 13.1 Å². The number of hydrogen-bond donors (Lipinski definition) is 1. The van der Waals surface area contributed by atoms with Gasteiger partial charge in [-0.2, -0.15) is 0 Å². The average Bonchev–Trinajstić information content (AvgIpc) is 2.42. The summed E-state index contributed by atoms with van der Waals surface area (Å²) in [6, 6.07) is -0.531. The zero-order chi connectivity index (χ0) is 16.0. The number of rotatable bonds is 4. The van der Waals surface area contributed by atoms with Crippen molar-refractivity contribution in [1.82, 2.24) is 10.2 Å². The molecular weight excluding hydrogens is 268 g/mol. The minimum Gasteiger partial charge on any atom is -0.444 e. The number of nitrogens with zero attached hydrogens (tertiary/aromatic N) is 1. The molecule has 1 N–H and O–H groups in total. The van der Waals surface area contributed by atoms with Crippen molar-refractivity contribution in [3.8, 4) is 0 Å². The van der Waals surface area contributed by atoms with E-state index in [1.54, 1.807) is 4.90 Å². The molecule has 5 nitrogen and oxygen atoms in total. The third kappa shape index (κ3) is 5.78. The molecule has 0 aromatic carbocycles. The van der Waals surface area contributed by atoms with Crippen LogP contribution in [0, 0.1) is 5.92 Å². The van der Waals surface area contributed by atoms with Crippen molar-refractivity contribution in [2.75, 3.05) is 13.1 Å². The number of ether oxygens (including phenoxy) is 1. The van der Waals surface area contributed by atoms with E-state index in [-0.39, 0.29) is 11.8 Å². The van der Waals surface area contributed by atoms with E-state index in [1.807, 2.05) is 40.7 Å². The first kappa shape index (κ1) is 17.5. The Kier molecular flexibility index (Phi) is 6.24. The fraction of sp³-hybridized carbons (Fsp3) is 0.750. The Morgan fingerprint density at radius 2 is 2.00 bits per heavy atom. The quantitative estimate of drug-likeness (QED) is 0.811. The molecule has 1 rings (SSSR count). The zero-order valence-electron chi connectivity index (χ0n) is 13.8. The number of amides is 2. The van der Waals surface area contributed by atoms with E-state index < -0.39 is 17.7 Å². The Balaban J connectivity index is 2.73. The Bertz CT molecular complexity index is 399. The fourth-order valence-corrected chi connectivity index (χ4v) is 2.16. The normalized spacial score (nSPS) is 18.0. The van der Waals surface area contributed by atoms with Gasteiger partial charge in [0.05, 0.1) is 0 Å². The van der Waals surface area contributed by atoms with Gasteiger partial charge in [-0.1, -0.05) is 32.4 Å². The van der Waals surface area contributed by atoms with Crippen molar-refractivity contribution in [2.24, 2.45) is 5.92 Å². The van der Waals surface area contributed by atoms with Crippen molar-refractivity contribution in [3.63, 3.8) is 0 Å². The lowest BCUT2D eigenvalue weighted by Crippen LogP contribution is -2.53. The van der Waals surface area contributed by atoms with Crippen molar-refractivity contribution in [1.29, 1.82) is 0 Å². The third-order valence-electron chi connectivity index (χ3n) is 3.52. The van der Waals surface area contributed by atoms with E-state index in [1.165, 1.54) is 0 Å². The van der Waals surface area contributed by atoms with Crippen molar-refractivity contribution in [3.05, 3.63) is 12.2 Å². The lowest BCUT2D eigenvalue weighted by Gasteiger charge is -2.31. The first-order valence-corrected chi connectivity index (χ1v) is 7.68. The molecule has 0 radical (unpaired) electrons. The van der Waals surface area contributed by atoms with Gasteiger partial charge in [-0.05, 0) is 33.1 Å². The summed E-state index contributed by atoms with van der Waals surface area (Å²) < 4.78 is 5.27. The van der Waals surface area contributed by atoms with E-state index in [4.69, 9.17) is 4.74 Å². The van der Waals surface area contributed by atoms with E-state index in [9.17, 15) is 9.59 Å². The topological polar surface area (TPSA) is 58.6 Å². The van der Waals surface area contributed by atoms with E-state index in [2.05, 4.69) is 11.4 Å². The smallest absolute Gasteiger partial charge is 0.408 e. The maximum absolute atomic E-state index is 12.6. The predicted octanol–water partition coefficient (Wildman–Crippen LogP) is 2.71. The Morgan fingerprint density at radius 1 is 1.33 bits per heavy atom. The lowest BCUT2D eigenvalue weighted by molar-refractivity contribution is -0.134. The first-order valence-electron chi connectivity index (χ1n) is 7.68. The Hall–Kier alpha value is -1.52. The van der Waals surface area contributed by atoms with Crippen LogP contribution < -0.4 is 5.32 Å². The molecule has 0 unspecified atom stereocenters. The summed E-state index contributed by atoms with van der Waals surface area (Å²) in [5, 5.41) is 2.74. The molecule has 1 heterocycles. The number of alkyl carbamates (subject to hydrolysis) is 1. The van der Waals surface area contributed by atoms with Gasteiger partial charge in [-0.3, -0.25) is 4.79 Å². The summed E-state index contributed by atoms with van der Waals surface area (Å²) in [6.45, 7) is 10.7. The van der Waals surface area contributed by atoms with Crippen LogP contribution in [0.15, 0.2) is 12.2 Å². The average molecular weight is 296 g/mol. The minimum atomic E-state index is -0.568. The van der Waals surface area contributed by atoms with Crippen molar-refractivity contribution < 1.29 is 14.3 Å². The molecule has 0 bridgehead atoms. The van der Waals surface area contributed by atoms with E-state index in [0.717, 1.165) is 12.8 Å². The standard InChI is InChI=1S/C16H28N2O3/c1-6-12(2)13(17-15(20)21-16(3,4)5)14(19)18-10-8-7-9-11-18/h7-8,12-13H,6,9-11H2,1-5H3,(H,17,20)/t12-,13-/m0/s1. The van der Waals surface area contributed by atoms with Crippen LogP contribution in [0.2, 0.25) is 0 Å². The second-order valence-electron chi connectivity index (χ2n) is 6.55. The van der Waals surface area contributed by atoms with Crippen LogP contribution in [-0.2, 0) is 9.53 Å². The lowest BCUT2D eigenvalue weighted by atomic mass is 9.97. The molecule has 1 aliphatic heterocycles. The molecule has 0 aliphatic carbocycles. The van der Waals surface area contributed by atoms with Crippen LogP contribution in [0.3, 0.4) is 0 Å². The SMILES string of the molecule is CC[C@H](C)[C@H](NC(=O)OC(C)(C)C)C(=O)N1CC=CCC1. The fourth-order valence-electron chi connectivity index (χ4n) is 2.16. The van der Waals surface area contributed by atoms with Crippen LogP contribution in [0.25, 0.3) is 0 Å². The van der Waals surface area contributed by atoms with Crippen LogP contribution in [0.5, 0.6) is 0 Å². The number of hydrogen-bond acceptors (Lipinski definition) is 3. The second-order valence-corrected chi connectivity index (χ2v) is 6.55. The number of carbonyl (C=O) groups excluding carboxylic acids is 2. The third-order valence-corrected chi connectivity index (χ3v) is 3.52. The zero-order valence-corrected chi connectivity index (χ0v) is 13.8. The highest BCUT2D eigenvalue weighted by Gasteiger charge is 2.31. The largest absolute Gasteiger partial charge is 0.444 e. The number of nitrogens with one attached hydrogen (secondary N) is 1. The molecule has 1 aliphatic rings. The van der Waals surface area contributed by atoms with Gasteiger partial charge in [0.15, 0.2) is 0 Å². The van der Waals surface area contributed by atoms with Gasteiger partial charge in [0, 0.05) is 13.1 Å². The van der Waals surface area contributed by atoms with Crippen LogP contribution in [-0.4, -0.2) is 41.6 Å². The molecule has 2 amide bonds. The summed E-state index contributed by atoms with van der Waals surface area (Å²) in [5.41, 5.74) is -0.568. The van der Waals surface area contributed by atoms with Crippen molar-refractivity contribution >= 4 is 12.0 Å². The van der Waals surface area contributed by atoms with Crippen molar-refractivity contribution in [2.45, 2.75) is 59.1 Å². The Labute approximate surface area is 127 Å². The van der Waals surface area contributed by atoms with Crippen LogP contribution >= 0.6 is 0 Å². The molecule has 2 atom stereocenters. The maximum Gasteiger partial charge on any atom is 0.408 e. The second kappa shape index (κ2) is 7.48. The molecule has 0 fully saturated rings. The van der Waals surface area contributed by atoms with Gasteiger partial charge in [0.2, 0.25) is 5.91 Å². The van der Waals surface area contributed by atoms with Gasteiger partial charge in [0.1, 0.15) is 11.6 Å². The molecular formula is C16H28N2O3. The molecule has 0 saturated heterocycles. The molecule has 0 aromatic rings. The van der Waals surface area contributed by atoms with E-state index >= 15 is 0 Å². The van der Waals surface area contributed by atoms with Gasteiger partial charge >= 0.3 is 6.09 Å². The molecule has 0 spiro atoms. The first-order chi connectivity index (χ1) is 9.74. The van der Waals surface area contributed by atoms with Gasteiger partial charge < -0.3 is 15.0 Å². The van der Waals surface area contributed by atoms with Crippen LogP contribution in [0.1, 0.15) is 47.5 Å². The Morgan fingerprint density at radius 3 is 2.48 bits per heavy atom. The minimum absolute atomic E-state index is 0.0282. The molecule has 120 valence electrons. The highest BCUT2D eigenvalue weighted by Crippen LogP contribution is 2.14. The van der Waals surface area contributed by atoms with Gasteiger partial charge in [-0.15, -0.1) is 0 Å².